The predicted molar refractivity (Wildman–Crippen MR) is 279 cm³/mol. The lowest BCUT2D eigenvalue weighted by atomic mass is 9.87. The van der Waals surface area contributed by atoms with E-state index in [1.807, 2.05) is 52.0 Å². The minimum Gasteiger partial charge on any atom is -0.491 e. The first-order chi connectivity index (χ1) is 35.0. The van der Waals surface area contributed by atoms with Gasteiger partial charge in [0.15, 0.2) is 11.5 Å². The first-order valence-electron chi connectivity index (χ1n) is 25.1. The van der Waals surface area contributed by atoms with Gasteiger partial charge in [-0.1, -0.05) is 109 Å². The molecule has 0 radical (unpaired) electrons. The molecule has 0 saturated carbocycles. The van der Waals surface area contributed by atoms with E-state index in [2.05, 4.69) is 94.5 Å². The largest absolute Gasteiger partial charge is 0.491 e. The van der Waals surface area contributed by atoms with E-state index >= 15 is 0 Å². The quantitative estimate of drug-likeness (QED) is 0.0768. The van der Waals surface area contributed by atoms with Crippen LogP contribution < -0.4 is 20.1 Å². The highest BCUT2D eigenvalue weighted by Crippen LogP contribution is 2.50. The molecule has 17 nitrogen and oxygen atoms in total. The molecule has 3 aromatic heterocycles. The van der Waals surface area contributed by atoms with Crippen LogP contribution >= 0.6 is 0 Å². The number of carbonyl (C=O) groups is 4. The second-order valence-electron chi connectivity index (χ2n) is 20.5. The SMILES string of the molecule is COC(=O)N[C@H](C(=O)N1CCC[C@H]1c1ncc(-c2ccc(-c3c(OC)c(OC)c(-c4ccc(-c5cnc([C@@H]6CCCN6C(=O)[C@@H](NC(=O)OC)C(C)C)[nH]5)cc4)n3-c3ccc(C(C)(C)C)cc3)cc2)[nH]1)C(C)C. The molecule has 8 rings (SSSR count). The second-order valence-corrected chi connectivity index (χ2v) is 20.5. The number of nitrogens with one attached hydrogen (secondary N) is 4. The van der Waals surface area contributed by atoms with Crippen LogP contribution in [0, 0.1) is 11.8 Å². The highest BCUT2D eigenvalue weighted by molar-refractivity contribution is 5.88. The third-order valence-electron chi connectivity index (χ3n) is 14.1. The maximum absolute atomic E-state index is 13.8. The molecule has 3 aromatic carbocycles. The van der Waals surface area contributed by atoms with Crippen LogP contribution in [0.4, 0.5) is 9.59 Å². The van der Waals surface area contributed by atoms with Crippen LogP contribution in [-0.4, -0.2) is 112 Å². The van der Waals surface area contributed by atoms with Crippen LogP contribution in [0.15, 0.2) is 85.2 Å². The number of nitrogens with zero attached hydrogens (tertiary/aromatic N) is 5. The van der Waals surface area contributed by atoms with Gasteiger partial charge in [-0.2, -0.15) is 0 Å². The fourth-order valence-corrected chi connectivity index (χ4v) is 10.1. The van der Waals surface area contributed by atoms with Crippen LogP contribution in [-0.2, 0) is 24.5 Å². The zero-order valence-corrected chi connectivity index (χ0v) is 43.8. The van der Waals surface area contributed by atoms with E-state index in [0.717, 1.165) is 76.4 Å². The van der Waals surface area contributed by atoms with E-state index in [1.54, 1.807) is 36.4 Å². The standard InChI is InChI=1S/C56H69N9O8/c1-32(2)44(61-54(68)72-10)52(66)63-28-12-14-42(63)50-57-30-40(59-50)34-16-20-36(21-17-34)46-48(70-8)49(71-9)47(65(46)39-26-24-38(25-27-39)56(5,6)7)37-22-18-35(19-23-37)41-31-58-51(60-41)43-15-13-29-64(43)53(67)45(33(3)4)62-55(69)73-11/h16-27,30-33,42-45H,12-15,28-29H2,1-11H3,(H,57,59)(H,58,60)(H,61,68)(H,62,69)/t42-,43-,44-,45-/m0/s1. The number of rotatable bonds is 15. The molecule has 2 fully saturated rings. The van der Waals surface area contributed by atoms with Gasteiger partial charge < -0.3 is 53.9 Å². The van der Waals surface area contributed by atoms with Gasteiger partial charge in [-0.15, -0.1) is 0 Å². The van der Waals surface area contributed by atoms with Crippen molar-refractivity contribution in [3.05, 3.63) is 102 Å². The zero-order valence-electron chi connectivity index (χ0n) is 43.8. The number of amides is 4. The van der Waals surface area contributed by atoms with Gasteiger partial charge in [0.05, 0.1) is 75.7 Å². The fraction of sp³-hybridized carbons (Fsp3) is 0.429. The number of methoxy groups -OCH3 is 4. The minimum atomic E-state index is -0.727. The lowest BCUT2D eigenvalue weighted by molar-refractivity contribution is -0.136. The third-order valence-corrected chi connectivity index (χ3v) is 14.1. The molecule has 0 spiro atoms. The fourth-order valence-electron chi connectivity index (χ4n) is 10.1. The number of likely N-dealkylation sites (tertiary alicyclic amines) is 2. The van der Waals surface area contributed by atoms with E-state index in [9.17, 15) is 19.2 Å². The molecule has 5 heterocycles. The Kier molecular flexibility index (Phi) is 15.4. The summed E-state index contributed by atoms with van der Waals surface area (Å²) in [5.41, 5.74) is 8.85. The van der Waals surface area contributed by atoms with Gasteiger partial charge in [-0.25, -0.2) is 19.6 Å². The number of ether oxygens (including phenoxy) is 4. The predicted octanol–water partition coefficient (Wildman–Crippen LogP) is 9.99. The average molecular weight is 996 g/mol. The van der Waals surface area contributed by atoms with E-state index in [4.69, 9.17) is 28.9 Å². The molecule has 0 aliphatic carbocycles. The summed E-state index contributed by atoms with van der Waals surface area (Å²) in [5, 5.41) is 5.44. The number of alkyl carbamates (subject to hydrolysis) is 2. The first-order valence-corrected chi connectivity index (χ1v) is 25.1. The van der Waals surface area contributed by atoms with Crippen LogP contribution in [0.1, 0.15) is 103 Å². The lowest BCUT2D eigenvalue weighted by Crippen LogP contribution is -2.51. The van der Waals surface area contributed by atoms with Crippen molar-refractivity contribution < 1.29 is 38.1 Å². The molecule has 4 amide bonds. The van der Waals surface area contributed by atoms with Crippen LogP contribution in [0.2, 0.25) is 0 Å². The smallest absolute Gasteiger partial charge is 0.407 e. The normalized spacial score (nSPS) is 16.7. The summed E-state index contributed by atoms with van der Waals surface area (Å²) in [6, 6.07) is 23.0. The number of carbonyl (C=O) groups excluding carboxylic acids is 4. The van der Waals surface area contributed by atoms with Crippen molar-refractivity contribution in [3.63, 3.8) is 0 Å². The number of H-pyrrole nitrogens is 2. The molecule has 73 heavy (non-hydrogen) atoms. The van der Waals surface area contributed by atoms with E-state index < -0.39 is 24.3 Å². The highest BCUT2D eigenvalue weighted by atomic mass is 16.5. The molecule has 17 heteroatoms. The molecule has 6 aromatic rings. The number of aromatic nitrogens is 5. The summed E-state index contributed by atoms with van der Waals surface area (Å²) in [4.78, 5) is 72.1. The van der Waals surface area contributed by atoms with Gasteiger partial charge in [-0.3, -0.25) is 9.59 Å². The van der Waals surface area contributed by atoms with Gasteiger partial charge in [0, 0.05) is 29.9 Å². The topological polar surface area (TPSA) is 198 Å². The molecule has 2 saturated heterocycles. The van der Waals surface area contributed by atoms with Gasteiger partial charge in [-0.05, 0) is 71.8 Å². The van der Waals surface area contributed by atoms with Gasteiger partial charge >= 0.3 is 12.2 Å². The summed E-state index contributed by atoms with van der Waals surface area (Å²) >= 11 is 0. The Hall–Kier alpha value is -7.56. The third kappa shape index (κ3) is 10.5. The van der Waals surface area contributed by atoms with Crippen molar-refractivity contribution in [2.24, 2.45) is 11.8 Å². The maximum Gasteiger partial charge on any atom is 0.407 e. The van der Waals surface area contributed by atoms with Crippen molar-refractivity contribution in [3.8, 4) is 62.2 Å². The Morgan fingerprint density at radius 2 is 0.973 bits per heavy atom. The Morgan fingerprint density at radius 1 is 0.589 bits per heavy atom. The number of hydrogen-bond donors (Lipinski definition) is 4. The first kappa shape index (κ1) is 51.8. The molecule has 386 valence electrons. The number of hydrogen-bond acceptors (Lipinski definition) is 10. The Labute approximate surface area is 427 Å². The maximum atomic E-state index is 13.8. The monoisotopic (exact) mass is 996 g/mol. The summed E-state index contributed by atoms with van der Waals surface area (Å²) in [7, 11) is 5.89. The molecule has 2 aliphatic rings. The summed E-state index contributed by atoms with van der Waals surface area (Å²) < 4.78 is 24.3. The Bertz CT molecular complexity index is 2740. The Balaban J connectivity index is 1.11. The van der Waals surface area contributed by atoms with Crippen molar-refractivity contribution in [2.45, 2.75) is 104 Å². The Morgan fingerprint density at radius 3 is 1.32 bits per heavy atom. The van der Waals surface area contributed by atoms with Crippen LogP contribution in [0.3, 0.4) is 0 Å². The number of imidazole rings is 2. The van der Waals surface area contributed by atoms with Gasteiger partial charge in [0.2, 0.25) is 11.8 Å². The summed E-state index contributed by atoms with van der Waals surface area (Å²) in [5.74, 6) is 1.91. The highest BCUT2D eigenvalue weighted by Gasteiger charge is 2.39. The van der Waals surface area contributed by atoms with Gasteiger partial charge in [0.25, 0.3) is 0 Å². The van der Waals surface area contributed by atoms with Crippen molar-refractivity contribution in [2.75, 3.05) is 41.5 Å². The van der Waals surface area contributed by atoms with E-state index in [1.165, 1.54) is 19.8 Å². The van der Waals surface area contributed by atoms with Gasteiger partial charge in [0.1, 0.15) is 23.7 Å². The summed E-state index contributed by atoms with van der Waals surface area (Å²) in [6.07, 6.45) is 5.43. The average Bonchev–Trinajstić information content (AvgIpc) is 4.26. The lowest BCUT2D eigenvalue weighted by Gasteiger charge is -2.30. The summed E-state index contributed by atoms with van der Waals surface area (Å²) in [6.45, 7) is 15.3. The molecule has 4 atom stereocenters. The number of benzene rings is 3. The van der Waals surface area contributed by atoms with Crippen LogP contribution in [0.25, 0.3) is 50.7 Å². The number of aromatic amines is 2. The van der Waals surface area contributed by atoms with E-state index in [-0.39, 0.29) is 41.1 Å². The van der Waals surface area contributed by atoms with Crippen molar-refractivity contribution in [1.82, 2.24) is 44.9 Å². The van der Waals surface area contributed by atoms with Crippen molar-refractivity contribution in [1.29, 1.82) is 0 Å². The molecule has 2 aliphatic heterocycles. The molecule has 4 N–H and O–H groups in total. The molecular formula is C56H69N9O8. The van der Waals surface area contributed by atoms with E-state index in [0.29, 0.717) is 36.2 Å². The molecule has 0 bridgehead atoms. The second kappa shape index (κ2) is 21.7. The van der Waals surface area contributed by atoms with Crippen LogP contribution in [0.5, 0.6) is 11.5 Å². The zero-order chi connectivity index (χ0) is 52.3. The molecular weight excluding hydrogens is 927 g/mol. The minimum absolute atomic E-state index is 0.0609. The molecule has 0 unspecified atom stereocenters. The van der Waals surface area contributed by atoms with Crippen molar-refractivity contribution >= 4 is 24.0 Å².